The minimum Gasteiger partial charge on any atom is -0.465 e. The fourth-order valence-electron chi connectivity index (χ4n) is 1.29. The molecule has 0 bridgehead atoms. The molecule has 0 aromatic heterocycles. The lowest BCUT2D eigenvalue weighted by Gasteiger charge is -2.18. The van der Waals surface area contributed by atoms with E-state index >= 15 is 0 Å². The second kappa shape index (κ2) is 5.80. The van der Waals surface area contributed by atoms with Crippen LogP contribution in [-0.2, 0) is 16.1 Å². The van der Waals surface area contributed by atoms with E-state index in [1.807, 2.05) is 26.0 Å². The molecule has 0 spiro atoms. The molecule has 0 unspecified atom stereocenters. The molecule has 0 aliphatic rings. The molecule has 94 valence electrons. The number of nitrogens with two attached hydrogens (primary N) is 1. The summed E-state index contributed by atoms with van der Waals surface area (Å²) >= 11 is 0. The first kappa shape index (κ1) is 13.7. The largest absolute Gasteiger partial charge is 0.465 e. The Morgan fingerprint density at radius 2 is 1.88 bits per heavy atom. The maximum atomic E-state index is 11.2. The lowest BCUT2D eigenvalue weighted by Crippen LogP contribution is -2.37. The third-order valence-electron chi connectivity index (χ3n) is 2.12. The molecule has 0 radical (unpaired) electrons. The lowest BCUT2D eigenvalue weighted by molar-refractivity contribution is 0.0600. The number of hydrogen-bond acceptors (Lipinski definition) is 4. The third-order valence-corrected chi connectivity index (χ3v) is 2.12. The van der Waals surface area contributed by atoms with Gasteiger partial charge in [-0.1, -0.05) is 12.1 Å². The molecule has 4 heteroatoms. The van der Waals surface area contributed by atoms with Crippen molar-refractivity contribution in [1.82, 2.24) is 0 Å². The molecule has 4 nitrogen and oxygen atoms in total. The van der Waals surface area contributed by atoms with Crippen LogP contribution in [0.3, 0.4) is 0 Å². The second-order valence-corrected chi connectivity index (χ2v) is 4.67. The average molecular weight is 237 g/mol. The van der Waals surface area contributed by atoms with Gasteiger partial charge in [0.2, 0.25) is 0 Å². The Labute approximate surface area is 102 Å². The van der Waals surface area contributed by atoms with E-state index in [2.05, 4.69) is 4.74 Å². The highest BCUT2D eigenvalue weighted by Gasteiger charge is 2.10. The van der Waals surface area contributed by atoms with Crippen molar-refractivity contribution < 1.29 is 14.3 Å². The first-order valence-corrected chi connectivity index (χ1v) is 5.46. The molecule has 0 saturated carbocycles. The predicted molar refractivity (Wildman–Crippen MR) is 65.7 cm³/mol. The third kappa shape index (κ3) is 4.97. The maximum absolute atomic E-state index is 11.2. The van der Waals surface area contributed by atoms with E-state index in [4.69, 9.17) is 10.5 Å². The normalized spacial score (nSPS) is 11.3. The quantitative estimate of drug-likeness (QED) is 0.792. The summed E-state index contributed by atoms with van der Waals surface area (Å²) in [6.07, 6.45) is 0. The molecular weight excluding hydrogens is 218 g/mol. The summed E-state index contributed by atoms with van der Waals surface area (Å²) in [5.74, 6) is -0.333. The predicted octanol–water partition coefficient (Wildman–Crippen LogP) is 1.73. The molecule has 0 aliphatic carbocycles. The highest BCUT2D eigenvalue weighted by atomic mass is 16.5. The average Bonchev–Trinajstić information content (AvgIpc) is 2.27. The van der Waals surface area contributed by atoms with E-state index in [9.17, 15) is 4.79 Å². The zero-order valence-corrected chi connectivity index (χ0v) is 10.5. The van der Waals surface area contributed by atoms with Crippen LogP contribution in [0.1, 0.15) is 29.8 Å². The van der Waals surface area contributed by atoms with Crippen LogP contribution in [0.25, 0.3) is 0 Å². The molecule has 1 rings (SSSR count). The number of benzene rings is 1. The molecule has 0 atom stereocenters. The Morgan fingerprint density at radius 3 is 2.35 bits per heavy atom. The van der Waals surface area contributed by atoms with Crippen LogP contribution in [0.2, 0.25) is 0 Å². The van der Waals surface area contributed by atoms with Gasteiger partial charge in [0.15, 0.2) is 0 Å². The zero-order chi connectivity index (χ0) is 12.9. The van der Waals surface area contributed by atoms with Gasteiger partial charge in [-0.3, -0.25) is 0 Å². The summed E-state index contributed by atoms with van der Waals surface area (Å²) in [5, 5.41) is 0. The number of ether oxygens (including phenoxy) is 2. The van der Waals surface area contributed by atoms with Gasteiger partial charge in [-0.05, 0) is 31.5 Å². The summed E-state index contributed by atoms with van der Waals surface area (Å²) in [6.45, 7) is 4.80. The van der Waals surface area contributed by atoms with Gasteiger partial charge in [0.1, 0.15) is 0 Å². The summed E-state index contributed by atoms with van der Waals surface area (Å²) < 4.78 is 10.1. The van der Waals surface area contributed by atoms with Crippen molar-refractivity contribution in [1.29, 1.82) is 0 Å². The number of carbonyl (C=O) groups excluding carboxylic acids is 1. The Balaban J connectivity index is 2.49. The van der Waals surface area contributed by atoms with Crippen LogP contribution in [-0.4, -0.2) is 25.2 Å². The Kier molecular flexibility index (Phi) is 4.66. The minimum absolute atomic E-state index is 0.327. The highest BCUT2D eigenvalue weighted by molar-refractivity contribution is 5.89. The SMILES string of the molecule is COC(=O)c1ccc(COCC(C)(C)N)cc1. The molecule has 2 N–H and O–H groups in total. The van der Waals surface area contributed by atoms with E-state index in [1.54, 1.807) is 12.1 Å². The molecule has 0 fully saturated rings. The smallest absolute Gasteiger partial charge is 0.337 e. The topological polar surface area (TPSA) is 61.5 Å². The maximum Gasteiger partial charge on any atom is 0.337 e. The first-order chi connectivity index (χ1) is 7.92. The van der Waals surface area contributed by atoms with E-state index in [-0.39, 0.29) is 11.5 Å². The summed E-state index contributed by atoms with van der Waals surface area (Å²) in [5.41, 5.74) is 7.01. The molecule has 0 amide bonds. The van der Waals surface area contributed by atoms with Crippen LogP contribution in [0.5, 0.6) is 0 Å². The zero-order valence-electron chi connectivity index (χ0n) is 10.5. The fourth-order valence-corrected chi connectivity index (χ4v) is 1.29. The highest BCUT2D eigenvalue weighted by Crippen LogP contribution is 2.08. The number of rotatable bonds is 5. The molecule has 17 heavy (non-hydrogen) atoms. The summed E-state index contributed by atoms with van der Waals surface area (Å²) in [4.78, 5) is 11.2. The monoisotopic (exact) mass is 237 g/mol. The molecule has 1 aromatic rings. The van der Waals surface area contributed by atoms with Crippen molar-refractivity contribution in [2.45, 2.75) is 26.0 Å². The first-order valence-electron chi connectivity index (χ1n) is 5.46. The minimum atomic E-state index is -0.333. The van der Waals surface area contributed by atoms with Gasteiger partial charge in [-0.25, -0.2) is 4.79 Å². The molecular formula is C13H19NO3. The van der Waals surface area contributed by atoms with E-state index in [0.29, 0.717) is 18.8 Å². The van der Waals surface area contributed by atoms with Crippen molar-refractivity contribution >= 4 is 5.97 Å². The van der Waals surface area contributed by atoms with Gasteiger partial charge in [-0.15, -0.1) is 0 Å². The van der Waals surface area contributed by atoms with E-state index in [1.165, 1.54) is 7.11 Å². The fraction of sp³-hybridized carbons (Fsp3) is 0.462. The van der Waals surface area contributed by atoms with Crippen molar-refractivity contribution in [2.24, 2.45) is 5.73 Å². The summed E-state index contributed by atoms with van der Waals surface area (Å²) in [7, 11) is 1.36. The van der Waals surface area contributed by atoms with E-state index in [0.717, 1.165) is 5.56 Å². The van der Waals surface area contributed by atoms with Gasteiger partial charge < -0.3 is 15.2 Å². The van der Waals surface area contributed by atoms with Gasteiger partial charge in [0.05, 0.1) is 25.9 Å². The van der Waals surface area contributed by atoms with Crippen LogP contribution in [0.4, 0.5) is 0 Å². The van der Waals surface area contributed by atoms with Gasteiger partial charge in [0.25, 0.3) is 0 Å². The molecule has 1 aromatic carbocycles. The van der Waals surface area contributed by atoms with Crippen LogP contribution < -0.4 is 5.73 Å². The summed E-state index contributed by atoms with van der Waals surface area (Å²) in [6, 6.07) is 7.13. The molecule has 0 aliphatic heterocycles. The van der Waals surface area contributed by atoms with Crippen molar-refractivity contribution in [2.75, 3.05) is 13.7 Å². The number of esters is 1. The molecule has 0 saturated heterocycles. The van der Waals surface area contributed by atoms with Crippen molar-refractivity contribution in [3.05, 3.63) is 35.4 Å². The number of hydrogen-bond donors (Lipinski definition) is 1. The van der Waals surface area contributed by atoms with Crippen molar-refractivity contribution in [3.63, 3.8) is 0 Å². The Hall–Kier alpha value is -1.39. The Bertz CT molecular complexity index is 365. The van der Waals surface area contributed by atoms with Gasteiger partial charge >= 0.3 is 5.97 Å². The van der Waals surface area contributed by atoms with Crippen LogP contribution >= 0.6 is 0 Å². The lowest BCUT2D eigenvalue weighted by atomic mass is 10.1. The van der Waals surface area contributed by atoms with Gasteiger partial charge in [-0.2, -0.15) is 0 Å². The number of carbonyl (C=O) groups is 1. The van der Waals surface area contributed by atoms with E-state index < -0.39 is 0 Å². The standard InChI is InChI=1S/C13H19NO3/c1-13(2,14)9-17-8-10-4-6-11(7-5-10)12(15)16-3/h4-7H,8-9,14H2,1-3H3. The second-order valence-electron chi connectivity index (χ2n) is 4.67. The molecule has 0 heterocycles. The van der Waals surface area contributed by atoms with Crippen LogP contribution in [0, 0.1) is 0 Å². The van der Waals surface area contributed by atoms with Gasteiger partial charge in [0, 0.05) is 5.54 Å². The van der Waals surface area contributed by atoms with Crippen molar-refractivity contribution in [3.8, 4) is 0 Å². The van der Waals surface area contributed by atoms with Crippen LogP contribution in [0.15, 0.2) is 24.3 Å². The number of methoxy groups -OCH3 is 1. The Morgan fingerprint density at radius 1 is 1.29 bits per heavy atom.